The Hall–Kier alpha value is -1.39. The SMILES string of the molecule is C[C@H]1Cc2ccccc2N1C(=O)[C@H](C)[N+]12CCN(CC1)CC2. The molecule has 0 spiro atoms. The molecule has 22 heavy (non-hydrogen) atoms. The minimum atomic E-state index is 0.0797. The Morgan fingerprint density at radius 3 is 2.50 bits per heavy atom. The number of hydrogen-bond donors (Lipinski definition) is 0. The fraction of sp³-hybridized carbons (Fsp3) is 0.611. The smallest absolute Gasteiger partial charge is 0.285 e. The lowest BCUT2D eigenvalue weighted by molar-refractivity contribution is -0.953. The second-order valence-corrected chi connectivity index (χ2v) is 7.30. The van der Waals surface area contributed by atoms with Crippen molar-refractivity contribution in [2.24, 2.45) is 0 Å². The molecule has 3 fully saturated rings. The van der Waals surface area contributed by atoms with Crippen LogP contribution >= 0.6 is 0 Å². The molecule has 0 aromatic heterocycles. The van der Waals surface area contributed by atoms with Gasteiger partial charge in [-0.2, -0.15) is 0 Å². The monoisotopic (exact) mass is 300 g/mol. The van der Waals surface area contributed by atoms with Crippen LogP contribution < -0.4 is 4.90 Å². The average molecular weight is 300 g/mol. The number of rotatable bonds is 2. The molecule has 2 atom stereocenters. The van der Waals surface area contributed by atoms with E-state index in [9.17, 15) is 4.79 Å². The van der Waals surface area contributed by atoms with Crippen LogP contribution in [0.3, 0.4) is 0 Å². The third-order valence-corrected chi connectivity index (χ3v) is 6.21. The first-order chi connectivity index (χ1) is 10.6. The molecule has 4 heterocycles. The van der Waals surface area contributed by atoms with Gasteiger partial charge in [-0.05, 0) is 31.9 Å². The average Bonchev–Trinajstić information content (AvgIpc) is 2.91. The number of benzene rings is 1. The second-order valence-electron chi connectivity index (χ2n) is 7.30. The Labute approximate surface area is 132 Å². The van der Waals surface area contributed by atoms with Gasteiger partial charge < -0.3 is 9.38 Å². The number of para-hydroxylation sites is 1. The molecule has 4 aliphatic rings. The van der Waals surface area contributed by atoms with E-state index in [0.717, 1.165) is 55.9 Å². The van der Waals surface area contributed by atoms with Gasteiger partial charge in [-0.1, -0.05) is 18.2 Å². The van der Waals surface area contributed by atoms with Crippen molar-refractivity contribution in [3.05, 3.63) is 29.8 Å². The molecule has 0 N–H and O–H groups in total. The van der Waals surface area contributed by atoms with E-state index in [1.165, 1.54) is 5.56 Å². The molecule has 0 unspecified atom stereocenters. The van der Waals surface area contributed by atoms with Crippen molar-refractivity contribution < 1.29 is 9.28 Å². The van der Waals surface area contributed by atoms with Gasteiger partial charge in [0.1, 0.15) is 0 Å². The van der Waals surface area contributed by atoms with Crippen LogP contribution in [0.2, 0.25) is 0 Å². The number of quaternary nitrogens is 1. The normalized spacial score (nSPS) is 34.5. The number of amides is 1. The van der Waals surface area contributed by atoms with Crippen LogP contribution in [0.15, 0.2) is 24.3 Å². The zero-order valence-corrected chi connectivity index (χ0v) is 13.7. The van der Waals surface area contributed by atoms with Crippen molar-refractivity contribution in [2.45, 2.75) is 32.4 Å². The Balaban J connectivity index is 1.61. The molecule has 118 valence electrons. The van der Waals surface area contributed by atoms with Gasteiger partial charge in [0.05, 0.1) is 19.6 Å². The number of carbonyl (C=O) groups is 1. The second kappa shape index (κ2) is 5.07. The van der Waals surface area contributed by atoms with Gasteiger partial charge in [-0.3, -0.25) is 9.69 Å². The lowest BCUT2D eigenvalue weighted by Gasteiger charge is -2.53. The summed E-state index contributed by atoms with van der Waals surface area (Å²) in [7, 11) is 0. The van der Waals surface area contributed by atoms with Gasteiger partial charge in [0.15, 0.2) is 6.04 Å². The quantitative estimate of drug-likeness (QED) is 0.773. The van der Waals surface area contributed by atoms with Gasteiger partial charge in [0.2, 0.25) is 0 Å². The van der Waals surface area contributed by atoms with E-state index in [4.69, 9.17) is 0 Å². The molecule has 3 saturated heterocycles. The summed E-state index contributed by atoms with van der Waals surface area (Å²) in [5.41, 5.74) is 2.46. The first kappa shape index (κ1) is 14.2. The fourth-order valence-corrected chi connectivity index (χ4v) is 4.61. The highest BCUT2D eigenvalue weighted by Gasteiger charge is 2.47. The third-order valence-electron chi connectivity index (χ3n) is 6.21. The summed E-state index contributed by atoms with van der Waals surface area (Å²) in [6.07, 6.45) is 0.989. The van der Waals surface area contributed by atoms with E-state index in [0.29, 0.717) is 5.91 Å². The number of piperazine rings is 3. The molecule has 0 saturated carbocycles. The van der Waals surface area contributed by atoms with Crippen LogP contribution in [-0.2, 0) is 11.2 Å². The van der Waals surface area contributed by atoms with E-state index in [-0.39, 0.29) is 12.1 Å². The van der Waals surface area contributed by atoms with Crippen LogP contribution in [0.1, 0.15) is 19.4 Å². The summed E-state index contributed by atoms with van der Waals surface area (Å²) in [4.78, 5) is 17.9. The van der Waals surface area contributed by atoms with Crippen molar-refractivity contribution in [1.29, 1.82) is 0 Å². The Kier molecular flexibility index (Phi) is 3.27. The number of carbonyl (C=O) groups excluding carboxylic acids is 1. The Bertz CT molecular complexity index is 578. The van der Waals surface area contributed by atoms with Gasteiger partial charge in [0, 0.05) is 31.4 Å². The maximum Gasteiger partial charge on any atom is 0.285 e. The number of hydrogen-bond acceptors (Lipinski definition) is 2. The lowest BCUT2D eigenvalue weighted by atomic mass is 10.0. The van der Waals surface area contributed by atoms with Crippen molar-refractivity contribution in [3.8, 4) is 0 Å². The molecule has 1 aromatic carbocycles. The van der Waals surface area contributed by atoms with Crippen LogP contribution in [0.25, 0.3) is 0 Å². The van der Waals surface area contributed by atoms with Crippen molar-refractivity contribution in [3.63, 3.8) is 0 Å². The molecule has 0 aliphatic carbocycles. The molecular formula is C18H26N3O+. The zero-order valence-electron chi connectivity index (χ0n) is 13.7. The Morgan fingerprint density at radius 2 is 1.82 bits per heavy atom. The van der Waals surface area contributed by atoms with Crippen molar-refractivity contribution in [1.82, 2.24) is 4.90 Å². The molecule has 4 heteroatoms. The van der Waals surface area contributed by atoms with Crippen LogP contribution in [0.4, 0.5) is 5.69 Å². The zero-order chi connectivity index (χ0) is 15.3. The molecule has 1 aromatic rings. The van der Waals surface area contributed by atoms with Crippen molar-refractivity contribution >= 4 is 11.6 Å². The summed E-state index contributed by atoms with van der Waals surface area (Å²) in [5.74, 6) is 0.327. The lowest BCUT2D eigenvalue weighted by Crippen LogP contribution is -2.72. The maximum absolute atomic E-state index is 13.3. The molecule has 5 rings (SSSR count). The molecule has 1 amide bonds. The molecule has 0 radical (unpaired) electrons. The highest BCUT2D eigenvalue weighted by atomic mass is 16.2. The van der Waals surface area contributed by atoms with E-state index in [1.54, 1.807) is 0 Å². The van der Waals surface area contributed by atoms with Gasteiger partial charge in [-0.25, -0.2) is 0 Å². The largest absolute Gasteiger partial charge is 0.310 e. The standard InChI is InChI=1S/C18H26N3O/c1-14-13-16-5-3-4-6-17(16)20(14)18(22)15(2)21-10-7-19(8-11-21)9-12-21/h3-6,14-15H,7-13H2,1-2H3/q+1/t14-,15-/m0/s1. The van der Waals surface area contributed by atoms with Crippen LogP contribution in [0.5, 0.6) is 0 Å². The maximum atomic E-state index is 13.3. The van der Waals surface area contributed by atoms with E-state index in [1.807, 2.05) is 6.07 Å². The molecule has 4 aliphatic heterocycles. The van der Waals surface area contributed by atoms with E-state index in [2.05, 4.69) is 41.8 Å². The summed E-state index contributed by atoms with van der Waals surface area (Å²) in [6.45, 7) is 11.2. The van der Waals surface area contributed by atoms with Gasteiger partial charge in [-0.15, -0.1) is 0 Å². The topological polar surface area (TPSA) is 23.6 Å². The summed E-state index contributed by atoms with van der Waals surface area (Å²) >= 11 is 0. The molecule has 2 bridgehead atoms. The number of nitrogens with zero attached hydrogens (tertiary/aromatic N) is 3. The van der Waals surface area contributed by atoms with Crippen molar-refractivity contribution in [2.75, 3.05) is 44.2 Å². The summed E-state index contributed by atoms with van der Waals surface area (Å²) < 4.78 is 1.00. The first-order valence-electron chi connectivity index (χ1n) is 8.60. The predicted molar refractivity (Wildman–Crippen MR) is 87.9 cm³/mol. The summed E-state index contributed by atoms with van der Waals surface area (Å²) in [5, 5.41) is 0. The number of fused-ring (bicyclic) bond motifs is 4. The third kappa shape index (κ3) is 2.01. The highest BCUT2D eigenvalue weighted by Crippen LogP contribution is 2.34. The Morgan fingerprint density at radius 1 is 1.18 bits per heavy atom. The summed E-state index contributed by atoms with van der Waals surface area (Å²) in [6, 6.07) is 8.77. The van der Waals surface area contributed by atoms with E-state index < -0.39 is 0 Å². The number of anilines is 1. The first-order valence-corrected chi connectivity index (χ1v) is 8.60. The minimum absolute atomic E-state index is 0.0797. The minimum Gasteiger partial charge on any atom is -0.310 e. The van der Waals surface area contributed by atoms with Crippen LogP contribution in [-0.4, -0.2) is 66.6 Å². The van der Waals surface area contributed by atoms with E-state index >= 15 is 0 Å². The fourth-order valence-electron chi connectivity index (χ4n) is 4.61. The molecular weight excluding hydrogens is 274 g/mol. The van der Waals surface area contributed by atoms with Gasteiger partial charge >= 0.3 is 0 Å². The molecule has 4 nitrogen and oxygen atoms in total. The predicted octanol–water partition coefficient (Wildman–Crippen LogP) is 1.50. The highest BCUT2D eigenvalue weighted by molar-refractivity contribution is 5.98. The van der Waals surface area contributed by atoms with Gasteiger partial charge in [0.25, 0.3) is 5.91 Å². The van der Waals surface area contributed by atoms with Crippen LogP contribution in [0, 0.1) is 0 Å².